The molecule has 1 amide bonds. The van der Waals surface area contributed by atoms with Crippen LogP contribution in [0.2, 0.25) is 0 Å². The quantitative estimate of drug-likeness (QED) is 0.867. The molecule has 1 atom stereocenters. The number of carbonyl (C=O) groups excluding carboxylic acids is 1. The number of fused-ring (bicyclic) bond motifs is 1. The monoisotopic (exact) mass is 372 g/mol. The maximum atomic E-state index is 13.0. The van der Waals surface area contributed by atoms with Crippen molar-refractivity contribution in [2.45, 2.75) is 25.9 Å². The van der Waals surface area contributed by atoms with Crippen LogP contribution >= 0.6 is 0 Å². The fourth-order valence-corrected chi connectivity index (χ4v) is 3.49. The summed E-state index contributed by atoms with van der Waals surface area (Å²) >= 11 is 0. The number of aromatic nitrogens is 1. The molecule has 0 aliphatic carbocycles. The van der Waals surface area contributed by atoms with Gasteiger partial charge in [-0.15, -0.1) is 8.78 Å². The number of aryl methyl sites for hydroxylation is 2. The van der Waals surface area contributed by atoms with Crippen LogP contribution in [0.5, 0.6) is 11.5 Å². The number of amides is 1. The van der Waals surface area contributed by atoms with Crippen LogP contribution < -0.4 is 14.8 Å². The number of halogens is 2. The molecule has 0 bridgehead atoms. The predicted molar refractivity (Wildman–Crippen MR) is 84.0 cm³/mol. The summed E-state index contributed by atoms with van der Waals surface area (Å²) in [6, 6.07) is 3.86. The third-order valence-electron chi connectivity index (χ3n) is 3.46. The molecule has 0 saturated carbocycles. The Kier molecular flexibility index (Phi) is 4.46. The molecular weight excluding hydrogens is 358 g/mol. The molecule has 25 heavy (non-hydrogen) atoms. The van der Waals surface area contributed by atoms with Gasteiger partial charge < -0.3 is 19.3 Å². The summed E-state index contributed by atoms with van der Waals surface area (Å²) < 4.78 is 51.6. The first-order valence-corrected chi connectivity index (χ1v) is 8.69. The van der Waals surface area contributed by atoms with Crippen LogP contribution in [0.1, 0.15) is 17.0 Å². The van der Waals surface area contributed by atoms with Crippen molar-refractivity contribution in [1.82, 2.24) is 5.16 Å². The summed E-state index contributed by atoms with van der Waals surface area (Å²) in [6.45, 7) is 3.43. The first-order valence-electron chi connectivity index (χ1n) is 7.20. The Balaban J connectivity index is 1.59. The van der Waals surface area contributed by atoms with Crippen LogP contribution in [0.15, 0.2) is 22.7 Å². The smallest absolute Gasteiger partial charge is 0.395 e. The van der Waals surface area contributed by atoms with Crippen molar-refractivity contribution in [1.29, 1.82) is 0 Å². The standard InChI is InChI=1S/C15H14F2N2O5S/c1-8-11(9(2)24-19-8)6-25(21)7-14(20)18-10-3-4-12-13(5-10)23-15(16,17)22-12/h3-5H,6-7H2,1-2H3,(H,18,20)/t25-/m0/s1. The van der Waals surface area contributed by atoms with Gasteiger partial charge >= 0.3 is 6.29 Å². The molecule has 2 aromatic rings. The van der Waals surface area contributed by atoms with E-state index in [0.29, 0.717) is 17.0 Å². The number of nitrogens with one attached hydrogen (secondary N) is 1. The first kappa shape index (κ1) is 17.3. The minimum absolute atomic E-state index is 0.120. The van der Waals surface area contributed by atoms with Crippen molar-refractivity contribution in [2.24, 2.45) is 0 Å². The molecule has 1 N–H and O–H groups in total. The number of rotatable bonds is 5. The van der Waals surface area contributed by atoms with E-state index in [-0.39, 0.29) is 28.7 Å². The van der Waals surface area contributed by atoms with E-state index in [1.165, 1.54) is 18.2 Å². The van der Waals surface area contributed by atoms with E-state index >= 15 is 0 Å². The van der Waals surface area contributed by atoms with E-state index in [1.54, 1.807) is 13.8 Å². The van der Waals surface area contributed by atoms with Crippen molar-refractivity contribution in [3.05, 3.63) is 35.2 Å². The van der Waals surface area contributed by atoms with Crippen LogP contribution in [-0.2, 0) is 21.3 Å². The summed E-state index contributed by atoms with van der Waals surface area (Å²) in [5.74, 6) is -0.375. The zero-order valence-corrected chi connectivity index (χ0v) is 14.1. The Hall–Kier alpha value is -2.49. The normalized spacial score (nSPS) is 15.8. The van der Waals surface area contributed by atoms with Crippen molar-refractivity contribution >= 4 is 22.4 Å². The predicted octanol–water partition coefficient (Wildman–Crippen LogP) is 2.50. The van der Waals surface area contributed by atoms with Crippen LogP contribution in [-0.4, -0.2) is 27.3 Å². The van der Waals surface area contributed by atoms with Crippen molar-refractivity contribution in [3.63, 3.8) is 0 Å². The number of ether oxygens (including phenoxy) is 2. The molecule has 0 unspecified atom stereocenters. The van der Waals surface area contributed by atoms with Crippen molar-refractivity contribution in [2.75, 3.05) is 11.1 Å². The van der Waals surface area contributed by atoms with Crippen LogP contribution in [0.4, 0.5) is 14.5 Å². The Labute approximate surface area is 143 Å². The van der Waals surface area contributed by atoms with Crippen molar-refractivity contribution < 1.29 is 31.8 Å². The average Bonchev–Trinajstić information content (AvgIpc) is 2.98. The number of anilines is 1. The molecule has 2 heterocycles. The zero-order chi connectivity index (χ0) is 18.2. The van der Waals surface area contributed by atoms with Gasteiger partial charge in [0.1, 0.15) is 11.5 Å². The first-order chi connectivity index (χ1) is 11.7. The maximum Gasteiger partial charge on any atom is 0.586 e. The molecule has 7 nitrogen and oxygen atoms in total. The molecule has 10 heteroatoms. The summed E-state index contributed by atoms with van der Waals surface area (Å²) in [7, 11) is -1.47. The molecule has 1 aromatic heterocycles. The van der Waals surface area contributed by atoms with Gasteiger partial charge in [-0.3, -0.25) is 9.00 Å². The SMILES string of the molecule is Cc1noc(C)c1C[S@](=O)CC(=O)Nc1ccc2c(c1)OC(F)(F)O2. The fraction of sp³-hybridized carbons (Fsp3) is 0.333. The zero-order valence-electron chi connectivity index (χ0n) is 13.3. The molecule has 0 spiro atoms. The van der Waals surface area contributed by atoms with E-state index in [0.717, 1.165) is 0 Å². The average molecular weight is 372 g/mol. The van der Waals surface area contributed by atoms with E-state index in [4.69, 9.17) is 4.52 Å². The largest absolute Gasteiger partial charge is 0.586 e. The lowest BCUT2D eigenvalue weighted by Crippen LogP contribution is -2.25. The van der Waals surface area contributed by atoms with Crippen molar-refractivity contribution in [3.8, 4) is 11.5 Å². The molecule has 3 rings (SSSR count). The Morgan fingerprint density at radius 2 is 2.00 bits per heavy atom. The van der Waals surface area contributed by atoms with Gasteiger partial charge in [-0.1, -0.05) is 5.16 Å². The molecular formula is C15H14F2N2O5S. The van der Waals surface area contributed by atoms with Crippen LogP contribution in [0.3, 0.4) is 0 Å². The lowest BCUT2D eigenvalue weighted by atomic mass is 10.2. The number of hydrogen-bond donors (Lipinski definition) is 1. The van der Waals surface area contributed by atoms with E-state index in [2.05, 4.69) is 19.9 Å². The summed E-state index contributed by atoms with van der Waals surface area (Å²) in [4.78, 5) is 12.0. The highest BCUT2D eigenvalue weighted by atomic mass is 32.2. The van der Waals surface area contributed by atoms with Gasteiger partial charge in [0.2, 0.25) is 5.91 Å². The number of carbonyl (C=O) groups is 1. The van der Waals surface area contributed by atoms with E-state index < -0.39 is 23.0 Å². The molecule has 0 fully saturated rings. The van der Waals surface area contributed by atoms with Gasteiger partial charge in [0.25, 0.3) is 0 Å². The highest BCUT2D eigenvalue weighted by molar-refractivity contribution is 7.85. The maximum absolute atomic E-state index is 13.0. The van der Waals surface area contributed by atoms with E-state index in [1.807, 2.05) is 0 Å². The Morgan fingerprint density at radius 1 is 1.28 bits per heavy atom. The van der Waals surface area contributed by atoms with Crippen LogP contribution in [0, 0.1) is 13.8 Å². The van der Waals surface area contributed by atoms with Gasteiger partial charge in [-0.25, -0.2) is 0 Å². The minimum atomic E-state index is -3.72. The van der Waals surface area contributed by atoms with E-state index in [9.17, 15) is 17.8 Å². The number of nitrogens with zero attached hydrogens (tertiary/aromatic N) is 1. The second kappa shape index (κ2) is 6.43. The summed E-state index contributed by atoms with van der Waals surface area (Å²) in [5.41, 5.74) is 1.57. The van der Waals surface area contributed by atoms with Gasteiger partial charge in [0.05, 0.1) is 11.4 Å². The highest BCUT2D eigenvalue weighted by Crippen LogP contribution is 2.42. The molecule has 0 saturated heterocycles. The third-order valence-corrected chi connectivity index (χ3v) is 4.66. The Morgan fingerprint density at radius 3 is 2.68 bits per heavy atom. The molecule has 134 valence electrons. The second-order valence-corrected chi connectivity index (χ2v) is 6.87. The van der Waals surface area contributed by atoms with Gasteiger partial charge in [0.15, 0.2) is 11.5 Å². The Bertz CT molecular complexity index is 833. The summed E-state index contributed by atoms with van der Waals surface area (Å²) in [5, 5.41) is 6.25. The fourth-order valence-electron chi connectivity index (χ4n) is 2.29. The van der Waals surface area contributed by atoms with Gasteiger partial charge in [-0.2, -0.15) is 0 Å². The topological polar surface area (TPSA) is 90.7 Å². The van der Waals surface area contributed by atoms with Gasteiger partial charge in [-0.05, 0) is 26.0 Å². The third kappa shape index (κ3) is 3.95. The summed E-state index contributed by atoms with van der Waals surface area (Å²) in [6.07, 6.45) is -3.72. The minimum Gasteiger partial charge on any atom is -0.395 e. The molecule has 1 aliphatic heterocycles. The molecule has 1 aromatic carbocycles. The highest BCUT2D eigenvalue weighted by Gasteiger charge is 2.43. The number of alkyl halides is 2. The lowest BCUT2D eigenvalue weighted by Gasteiger charge is -2.06. The number of benzene rings is 1. The lowest BCUT2D eigenvalue weighted by molar-refractivity contribution is -0.286. The molecule has 1 aliphatic rings. The van der Waals surface area contributed by atoms with Gasteiger partial charge in [0, 0.05) is 28.1 Å². The van der Waals surface area contributed by atoms with Crippen LogP contribution in [0.25, 0.3) is 0 Å². The molecule has 0 radical (unpaired) electrons. The number of hydrogen-bond acceptors (Lipinski definition) is 6. The second-order valence-electron chi connectivity index (χ2n) is 5.41.